The summed E-state index contributed by atoms with van der Waals surface area (Å²) < 4.78 is 6.75. The van der Waals surface area contributed by atoms with E-state index in [1.807, 2.05) is 26.8 Å². The van der Waals surface area contributed by atoms with Crippen molar-refractivity contribution in [2.75, 3.05) is 12.5 Å². The third-order valence-electron chi connectivity index (χ3n) is 2.38. The van der Waals surface area contributed by atoms with Gasteiger partial charge in [-0.05, 0) is 32.9 Å². The van der Waals surface area contributed by atoms with Crippen molar-refractivity contribution in [3.05, 3.63) is 23.0 Å². The van der Waals surface area contributed by atoms with Gasteiger partial charge in [-0.3, -0.25) is 10.4 Å². The molecule has 0 radical (unpaired) electrons. The number of fused-ring (bicyclic) bond motifs is 1. The molecular weight excluding hydrogens is 254 g/mol. The van der Waals surface area contributed by atoms with Gasteiger partial charge in [0, 0.05) is 18.8 Å². The molecule has 0 fully saturated rings. The molecule has 1 aliphatic heterocycles. The van der Waals surface area contributed by atoms with Gasteiger partial charge < -0.3 is 4.74 Å². The molecule has 2 heterocycles. The second kappa shape index (κ2) is 4.24. The van der Waals surface area contributed by atoms with Gasteiger partial charge in [0.15, 0.2) is 0 Å². The number of hydrogen-bond donors (Lipinski definition) is 1. The highest BCUT2D eigenvalue weighted by Crippen LogP contribution is 2.28. The van der Waals surface area contributed by atoms with Crippen LogP contribution in [0, 0.1) is 0 Å². The topological polar surface area (TPSA) is 46.5 Å². The van der Waals surface area contributed by atoms with Crippen LogP contribution in [0.15, 0.2) is 17.4 Å². The number of halogens is 1. The normalized spacial score (nSPS) is 14.7. The number of anilines is 1. The van der Waals surface area contributed by atoms with Crippen molar-refractivity contribution in [3.8, 4) is 0 Å². The highest BCUT2D eigenvalue weighted by Gasteiger charge is 2.23. The summed E-state index contributed by atoms with van der Waals surface area (Å²) in [6.45, 7) is 5.49. The molecule has 0 spiro atoms. The molecule has 1 N–H and O–H groups in total. The maximum atomic E-state index is 12.0. The van der Waals surface area contributed by atoms with E-state index >= 15 is 0 Å². The highest BCUT2D eigenvalue weighted by molar-refractivity contribution is 6.31. The van der Waals surface area contributed by atoms with Gasteiger partial charge >= 0.3 is 6.09 Å². The van der Waals surface area contributed by atoms with Gasteiger partial charge in [0.2, 0.25) is 0 Å². The molecule has 1 aromatic heterocycles. The fourth-order valence-electron chi connectivity index (χ4n) is 1.58. The number of carbonyl (C=O) groups is 1. The molecule has 6 heteroatoms. The first kappa shape index (κ1) is 12.8. The van der Waals surface area contributed by atoms with Crippen LogP contribution in [0.4, 0.5) is 10.6 Å². The molecular formula is C12H16ClN3O2. The summed E-state index contributed by atoms with van der Waals surface area (Å²) in [4.78, 5) is 12.0. The van der Waals surface area contributed by atoms with Crippen LogP contribution in [0.2, 0.25) is 0 Å². The Labute approximate surface area is 111 Å². The average Bonchev–Trinajstić information content (AvgIpc) is 2.59. The lowest BCUT2D eigenvalue weighted by atomic mass is 10.2. The largest absolute Gasteiger partial charge is 0.443 e. The molecule has 0 amide bonds. The van der Waals surface area contributed by atoms with Crippen LogP contribution in [-0.2, 0) is 4.74 Å². The lowest BCUT2D eigenvalue weighted by Crippen LogP contribution is -2.31. The SMILES string of the molecule is CN1Nc2c(ccn2C(=O)OC(C)(C)C)C=C1Cl. The molecule has 0 aliphatic carbocycles. The van der Waals surface area contributed by atoms with E-state index in [0.717, 1.165) is 5.56 Å². The zero-order valence-corrected chi connectivity index (χ0v) is 11.6. The Bertz CT molecular complexity index is 514. The quantitative estimate of drug-likeness (QED) is 0.735. The van der Waals surface area contributed by atoms with E-state index in [4.69, 9.17) is 16.3 Å². The predicted molar refractivity (Wildman–Crippen MR) is 71.3 cm³/mol. The minimum Gasteiger partial charge on any atom is -0.443 e. The van der Waals surface area contributed by atoms with Crippen molar-refractivity contribution in [3.63, 3.8) is 0 Å². The molecule has 0 saturated carbocycles. The first-order valence-corrected chi connectivity index (χ1v) is 5.98. The first-order chi connectivity index (χ1) is 8.28. The van der Waals surface area contributed by atoms with Crippen LogP contribution in [0.5, 0.6) is 0 Å². The number of ether oxygens (including phenoxy) is 1. The molecule has 98 valence electrons. The van der Waals surface area contributed by atoms with E-state index in [2.05, 4.69) is 5.43 Å². The molecule has 18 heavy (non-hydrogen) atoms. The number of rotatable bonds is 0. The van der Waals surface area contributed by atoms with E-state index < -0.39 is 11.7 Å². The van der Waals surface area contributed by atoms with Crippen LogP contribution in [0.3, 0.4) is 0 Å². The van der Waals surface area contributed by atoms with Gasteiger partial charge in [-0.1, -0.05) is 11.6 Å². The molecule has 2 rings (SSSR count). The van der Waals surface area contributed by atoms with E-state index in [-0.39, 0.29) is 0 Å². The van der Waals surface area contributed by atoms with Gasteiger partial charge in [0.1, 0.15) is 16.6 Å². The number of aromatic nitrogens is 1. The van der Waals surface area contributed by atoms with Crippen LogP contribution in [0.25, 0.3) is 6.08 Å². The standard InChI is InChI=1S/C12H16ClN3O2/c1-12(2,3)18-11(17)16-6-5-8-7-9(13)15(4)14-10(8)16/h5-7,14H,1-4H3. The minimum atomic E-state index is -0.526. The molecule has 0 saturated heterocycles. The van der Waals surface area contributed by atoms with Crippen LogP contribution >= 0.6 is 11.6 Å². The summed E-state index contributed by atoms with van der Waals surface area (Å²) in [6.07, 6.45) is 3.02. The third kappa shape index (κ3) is 2.46. The van der Waals surface area contributed by atoms with Crippen molar-refractivity contribution in [2.45, 2.75) is 26.4 Å². The maximum absolute atomic E-state index is 12.0. The molecule has 0 aromatic carbocycles. The summed E-state index contributed by atoms with van der Waals surface area (Å²) in [5.41, 5.74) is 3.35. The van der Waals surface area contributed by atoms with Crippen molar-refractivity contribution in [1.29, 1.82) is 0 Å². The third-order valence-corrected chi connectivity index (χ3v) is 2.74. The number of nitrogens with zero attached hydrogens (tertiary/aromatic N) is 2. The Kier molecular flexibility index (Phi) is 3.02. The van der Waals surface area contributed by atoms with E-state index in [9.17, 15) is 4.79 Å². The van der Waals surface area contributed by atoms with Gasteiger partial charge in [-0.15, -0.1) is 0 Å². The minimum absolute atomic E-state index is 0.420. The second-order valence-electron chi connectivity index (χ2n) is 5.11. The monoisotopic (exact) mass is 269 g/mol. The van der Waals surface area contributed by atoms with E-state index in [0.29, 0.717) is 11.0 Å². The lowest BCUT2D eigenvalue weighted by Gasteiger charge is -2.26. The summed E-state index contributed by atoms with van der Waals surface area (Å²) in [5, 5.41) is 2.19. The second-order valence-corrected chi connectivity index (χ2v) is 5.50. The Balaban J connectivity index is 2.31. The van der Waals surface area contributed by atoms with Crippen molar-refractivity contribution >= 4 is 29.6 Å². The predicted octanol–water partition coefficient (Wildman–Crippen LogP) is 3.08. The zero-order chi connectivity index (χ0) is 13.5. The van der Waals surface area contributed by atoms with Gasteiger partial charge in [0.05, 0.1) is 0 Å². The molecule has 1 aliphatic rings. The summed E-state index contributed by atoms with van der Waals surface area (Å²) in [7, 11) is 1.77. The summed E-state index contributed by atoms with van der Waals surface area (Å²) >= 11 is 5.99. The summed E-state index contributed by atoms with van der Waals surface area (Å²) in [6, 6.07) is 1.81. The van der Waals surface area contributed by atoms with Crippen molar-refractivity contribution in [1.82, 2.24) is 9.58 Å². The van der Waals surface area contributed by atoms with Crippen molar-refractivity contribution < 1.29 is 9.53 Å². The number of hydrazine groups is 1. The molecule has 5 nitrogen and oxygen atoms in total. The van der Waals surface area contributed by atoms with Crippen molar-refractivity contribution in [2.24, 2.45) is 0 Å². The van der Waals surface area contributed by atoms with E-state index in [1.54, 1.807) is 24.3 Å². The lowest BCUT2D eigenvalue weighted by molar-refractivity contribution is 0.0540. The van der Waals surface area contributed by atoms with Crippen LogP contribution in [0.1, 0.15) is 26.3 Å². The fourth-order valence-corrected chi connectivity index (χ4v) is 1.74. The van der Waals surface area contributed by atoms with E-state index in [1.165, 1.54) is 4.57 Å². The zero-order valence-electron chi connectivity index (χ0n) is 10.8. The number of carbonyl (C=O) groups excluding carboxylic acids is 1. The molecule has 0 bridgehead atoms. The smallest absolute Gasteiger partial charge is 0.420 e. The highest BCUT2D eigenvalue weighted by atomic mass is 35.5. The van der Waals surface area contributed by atoms with Gasteiger partial charge in [-0.25, -0.2) is 9.36 Å². The average molecular weight is 270 g/mol. The van der Waals surface area contributed by atoms with Crippen LogP contribution < -0.4 is 5.43 Å². The molecule has 1 aromatic rings. The summed E-state index contributed by atoms with van der Waals surface area (Å²) in [5.74, 6) is 0.649. The van der Waals surface area contributed by atoms with Gasteiger partial charge in [-0.2, -0.15) is 0 Å². The first-order valence-electron chi connectivity index (χ1n) is 5.60. The Morgan fingerprint density at radius 1 is 1.44 bits per heavy atom. The maximum Gasteiger partial charge on any atom is 0.420 e. The molecule has 0 atom stereocenters. The Morgan fingerprint density at radius 2 is 2.11 bits per heavy atom. The fraction of sp³-hybridized carbons (Fsp3) is 0.417. The Hall–Kier alpha value is -1.62. The number of hydrogen-bond acceptors (Lipinski definition) is 4. The Morgan fingerprint density at radius 3 is 2.72 bits per heavy atom. The van der Waals surface area contributed by atoms with Gasteiger partial charge in [0.25, 0.3) is 0 Å². The molecule has 0 unspecified atom stereocenters. The number of nitrogens with one attached hydrogen (secondary N) is 1. The van der Waals surface area contributed by atoms with Crippen LogP contribution in [-0.4, -0.2) is 28.3 Å².